The first kappa shape index (κ1) is 16.4. The SMILES string of the molecule is O=C(N=C1N=CC=N1)c1ncc(-c2[nH][nH]c(=O)c2-c2cccc(F)c2F)[nH]1. The molecule has 3 aromatic rings. The van der Waals surface area contributed by atoms with Gasteiger partial charge in [-0.1, -0.05) is 12.1 Å². The number of hydrogen-bond acceptors (Lipinski definition) is 3. The van der Waals surface area contributed by atoms with Crippen LogP contribution in [0.25, 0.3) is 22.5 Å². The average molecular weight is 369 g/mol. The van der Waals surface area contributed by atoms with Crippen molar-refractivity contribution in [3.05, 3.63) is 52.2 Å². The highest BCUT2D eigenvalue weighted by atomic mass is 19.2. The highest BCUT2D eigenvalue weighted by molar-refractivity contribution is 6.27. The zero-order chi connectivity index (χ0) is 19.0. The molecule has 0 radical (unpaired) electrons. The average Bonchev–Trinajstić information content (AvgIpc) is 3.38. The van der Waals surface area contributed by atoms with Crippen molar-refractivity contribution in [1.29, 1.82) is 0 Å². The Balaban J connectivity index is 1.75. The molecule has 2 aromatic heterocycles. The fourth-order valence-electron chi connectivity index (χ4n) is 2.51. The quantitative estimate of drug-likeness (QED) is 0.649. The lowest BCUT2D eigenvalue weighted by molar-refractivity contribution is 0.0994. The first-order valence-electron chi connectivity index (χ1n) is 7.54. The number of nitrogens with one attached hydrogen (secondary N) is 3. The fourth-order valence-corrected chi connectivity index (χ4v) is 2.51. The van der Waals surface area contributed by atoms with Gasteiger partial charge in [-0.05, 0) is 6.07 Å². The summed E-state index contributed by atoms with van der Waals surface area (Å²) in [5, 5.41) is 4.88. The molecule has 1 aromatic carbocycles. The number of imidazole rings is 1. The van der Waals surface area contributed by atoms with Crippen LogP contribution in [0.5, 0.6) is 0 Å². The van der Waals surface area contributed by atoms with E-state index >= 15 is 0 Å². The van der Waals surface area contributed by atoms with E-state index in [-0.39, 0.29) is 34.3 Å². The molecule has 9 nitrogen and oxygen atoms in total. The highest BCUT2D eigenvalue weighted by Crippen LogP contribution is 2.29. The summed E-state index contributed by atoms with van der Waals surface area (Å²) < 4.78 is 27.7. The number of rotatable bonds is 3. The third kappa shape index (κ3) is 2.90. The fraction of sp³-hybridized carbons (Fsp3) is 0. The Bertz CT molecular complexity index is 1190. The zero-order valence-electron chi connectivity index (χ0n) is 13.3. The van der Waals surface area contributed by atoms with Crippen LogP contribution in [0.3, 0.4) is 0 Å². The molecule has 0 unspecified atom stereocenters. The van der Waals surface area contributed by atoms with E-state index < -0.39 is 23.1 Å². The van der Waals surface area contributed by atoms with Gasteiger partial charge in [-0.25, -0.2) is 23.7 Å². The van der Waals surface area contributed by atoms with Gasteiger partial charge in [-0.3, -0.25) is 19.8 Å². The van der Waals surface area contributed by atoms with E-state index in [1.807, 2.05) is 0 Å². The van der Waals surface area contributed by atoms with Crippen molar-refractivity contribution in [2.24, 2.45) is 15.0 Å². The minimum Gasteiger partial charge on any atom is -0.332 e. The zero-order valence-corrected chi connectivity index (χ0v) is 13.3. The molecule has 0 fully saturated rings. The van der Waals surface area contributed by atoms with Crippen LogP contribution in [0, 0.1) is 11.6 Å². The molecular weight excluding hydrogens is 360 g/mol. The second-order valence-electron chi connectivity index (χ2n) is 5.35. The Hall–Kier alpha value is -4.02. The van der Waals surface area contributed by atoms with Crippen LogP contribution in [-0.2, 0) is 0 Å². The number of H-pyrrole nitrogens is 3. The number of carbonyl (C=O) groups is 1. The molecule has 27 heavy (non-hydrogen) atoms. The molecule has 0 spiro atoms. The Morgan fingerprint density at radius 3 is 2.67 bits per heavy atom. The lowest BCUT2D eigenvalue weighted by Crippen LogP contribution is -2.04. The minimum atomic E-state index is -1.16. The summed E-state index contributed by atoms with van der Waals surface area (Å²) in [5.74, 6) is -3.14. The van der Waals surface area contributed by atoms with Crippen LogP contribution >= 0.6 is 0 Å². The molecule has 0 saturated carbocycles. The molecule has 134 valence electrons. The Morgan fingerprint density at radius 2 is 1.89 bits per heavy atom. The van der Waals surface area contributed by atoms with E-state index in [0.717, 1.165) is 6.07 Å². The standard InChI is InChI=1S/C16H9F2N7O2/c17-8-3-1-2-7(11(8)18)10-12(24-25-14(10)26)9-6-21-13(22-9)15(27)23-16-19-4-5-20-16/h1-6H,(H,21,22)(H2,24,25,26). The van der Waals surface area contributed by atoms with Crippen LogP contribution < -0.4 is 5.56 Å². The molecule has 3 N–H and O–H groups in total. The van der Waals surface area contributed by atoms with Crippen molar-refractivity contribution < 1.29 is 13.6 Å². The first-order valence-corrected chi connectivity index (χ1v) is 7.54. The van der Waals surface area contributed by atoms with E-state index in [1.54, 1.807) is 0 Å². The predicted molar refractivity (Wildman–Crippen MR) is 93.1 cm³/mol. The number of aromatic nitrogens is 4. The van der Waals surface area contributed by atoms with Gasteiger partial charge in [0.15, 0.2) is 17.5 Å². The molecule has 0 aliphatic carbocycles. The van der Waals surface area contributed by atoms with E-state index in [9.17, 15) is 18.4 Å². The number of halogens is 2. The van der Waals surface area contributed by atoms with Gasteiger partial charge in [0, 0.05) is 18.0 Å². The number of aromatic amines is 3. The Kier molecular flexibility index (Phi) is 3.88. The van der Waals surface area contributed by atoms with Crippen LogP contribution in [-0.4, -0.2) is 44.5 Å². The third-order valence-electron chi connectivity index (χ3n) is 3.69. The Morgan fingerprint density at radius 1 is 1.11 bits per heavy atom. The maximum Gasteiger partial charge on any atom is 0.316 e. The van der Waals surface area contributed by atoms with E-state index in [2.05, 4.69) is 35.1 Å². The number of aliphatic imine (C=N–C) groups is 3. The smallest absolute Gasteiger partial charge is 0.316 e. The lowest BCUT2D eigenvalue weighted by atomic mass is 10.0. The van der Waals surface area contributed by atoms with Crippen molar-refractivity contribution in [3.8, 4) is 22.5 Å². The molecule has 1 aliphatic rings. The molecular formula is C16H9F2N7O2. The van der Waals surface area contributed by atoms with Gasteiger partial charge in [0.05, 0.1) is 23.1 Å². The summed E-state index contributed by atoms with van der Waals surface area (Å²) >= 11 is 0. The van der Waals surface area contributed by atoms with Gasteiger partial charge in [0.1, 0.15) is 0 Å². The molecule has 0 bridgehead atoms. The lowest BCUT2D eigenvalue weighted by Gasteiger charge is -2.03. The normalized spacial score (nSPS) is 12.7. The summed E-state index contributed by atoms with van der Waals surface area (Å²) in [6, 6.07) is 3.49. The molecule has 11 heteroatoms. The van der Waals surface area contributed by atoms with Crippen molar-refractivity contribution in [2.45, 2.75) is 0 Å². The van der Waals surface area contributed by atoms with Gasteiger partial charge in [0.2, 0.25) is 0 Å². The number of guanidine groups is 1. The molecule has 0 saturated heterocycles. The van der Waals surface area contributed by atoms with Crippen LogP contribution in [0.1, 0.15) is 10.6 Å². The highest BCUT2D eigenvalue weighted by Gasteiger charge is 2.21. The van der Waals surface area contributed by atoms with Crippen molar-refractivity contribution in [1.82, 2.24) is 20.2 Å². The van der Waals surface area contributed by atoms with Crippen molar-refractivity contribution in [2.75, 3.05) is 0 Å². The number of benzene rings is 1. The van der Waals surface area contributed by atoms with Crippen LogP contribution in [0.2, 0.25) is 0 Å². The summed E-state index contributed by atoms with van der Waals surface area (Å²) in [6.45, 7) is 0. The summed E-state index contributed by atoms with van der Waals surface area (Å²) in [6.07, 6.45) is 4.02. The van der Waals surface area contributed by atoms with E-state index in [1.165, 1.54) is 30.8 Å². The van der Waals surface area contributed by atoms with Gasteiger partial charge < -0.3 is 4.98 Å². The van der Waals surface area contributed by atoms with Crippen molar-refractivity contribution in [3.63, 3.8) is 0 Å². The maximum atomic E-state index is 14.1. The molecule has 3 heterocycles. The number of carbonyl (C=O) groups excluding carboxylic acids is 1. The maximum absolute atomic E-state index is 14.1. The summed E-state index contributed by atoms with van der Waals surface area (Å²) in [4.78, 5) is 42.0. The first-order chi connectivity index (χ1) is 13.0. The Labute approximate surface area is 148 Å². The summed E-state index contributed by atoms with van der Waals surface area (Å²) in [5.41, 5.74) is -0.711. The predicted octanol–water partition coefficient (Wildman–Crippen LogP) is 1.69. The van der Waals surface area contributed by atoms with Crippen molar-refractivity contribution >= 4 is 24.3 Å². The van der Waals surface area contributed by atoms with Gasteiger partial charge in [-0.2, -0.15) is 4.99 Å². The molecule has 1 amide bonds. The second kappa shape index (κ2) is 6.37. The third-order valence-corrected chi connectivity index (χ3v) is 3.69. The monoisotopic (exact) mass is 369 g/mol. The number of amides is 1. The topological polar surface area (TPSA) is 131 Å². The number of hydrogen-bond donors (Lipinski definition) is 3. The van der Waals surface area contributed by atoms with E-state index in [4.69, 9.17) is 0 Å². The molecule has 4 rings (SSSR count). The van der Waals surface area contributed by atoms with Gasteiger partial charge in [0.25, 0.3) is 11.5 Å². The summed E-state index contributed by atoms with van der Waals surface area (Å²) in [7, 11) is 0. The largest absolute Gasteiger partial charge is 0.332 e. The molecule has 1 aliphatic heterocycles. The van der Waals surface area contributed by atoms with E-state index in [0.29, 0.717) is 0 Å². The number of nitrogens with zero attached hydrogens (tertiary/aromatic N) is 4. The minimum absolute atomic E-state index is 0.0180. The van der Waals surface area contributed by atoms with Crippen LogP contribution in [0.4, 0.5) is 8.78 Å². The van der Waals surface area contributed by atoms with Gasteiger partial charge >= 0.3 is 5.91 Å². The molecule has 0 atom stereocenters. The van der Waals surface area contributed by atoms with Gasteiger partial charge in [-0.15, -0.1) is 0 Å². The van der Waals surface area contributed by atoms with Crippen LogP contribution in [0.15, 0.2) is 44.2 Å². The second-order valence-corrected chi connectivity index (χ2v) is 5.35.